The van der Waals surface area contributed by atoms with Crippen LogP contribution < -0.4 is 11.3 Å². The molecular weight excluding hydrogens is 274 g/mol. The number of nitrogens with two attached hydrogens (primary N) is 1. The third-order valence-corrected chi connectivity index (χ3v) is 6.17. The molecule has 0 saturated heterocycles. The van der Waals surface area contributed by atoms with Crippen LogP contribution in [0.5, 0.6) is 0 Å². The van der Waals surface area contributed by atoms with Crippen LogP contribution in [0.1, 0.15) is 32.6 Å². The molecule has 0 radical (unpaired) electrons. The zero-order valence-corrected chi connectivity index (χ0v) is 12.9. The SMILES string of the molecule is CC1CCCCC1N(C)S(=O)(=O)c1ccccc1NN. The number of hydrogen-bond donors (Lipinski definition) is 2. The van der Waals surface area contributed by atoms with E-state index in [0.29, 0.717) is 11.6 Å². The molecule has 112 valence electrons. The van der Waals surface area contributed by atoms with Gasteiger partial charge in [0.2, 0.25) is 10.0 Å². The van der Waals surface area contributed by atoms with Crippen LogP contribution in [0.2, 0.25) is 0 Å². The summed E-state index contributed by atoms with van der Waals surface area (Å²) in [7, 11) is -1.85. The molecule has 1 aliphatic rings. The van der Waals surface area contributed by atoms with Gasteiger partial charge in [-0.2, -0.15) is 4.31 Å². The van der Waals surface area contributed by atoms with Crippen molar-refractivity contribution in [1.82, 2.24) is 4.31 Å². The van der Waals surface area contributed by atoms with Crippen LogP contribution in [0.15, 0.2) is 29.2 Å². The first-order valence-corrected chi connectivity index (χ1v) is 8.46. The van der Waals surface area contributed by atoms with Gasteiger partial charge in [0.15, 0.2) is 0 Å². The highest BCUT2D eigenvalue weighted by Crippen LogP contribution is 2.32. The summed E-state index contributed by atoms with van der Waals surface area (Å²) < 4.78 is 27.1. The third kappa shape index (κ3) is 2.82. The van der Waals surface area contributed by atoms with E-state index in [2.05, 4.69) is 12.3 Å². The zero-order chi connectivity index (χ0) is 14.8. The van der Waals surface area contributed by atoms with Gasteiger partial charge in [-0.15, -0.1) is 0 Å². The molecule has 2 rings (SSSR count). The van der Waals surface area contributed by atoms with E-state index < -0.39 is 10.0 Å². The van der Waals surface area contributed by atoms with E-state index in [1.54, 1.807) is 31.3 Å². The molecule has 1 fully saturated rings. The van der Waals surface area contributed by atoms with Crippen molar-refractivity contribution in [2.75, 3.05) is 12.5 Å². The van der Waals surface area contributed by atoms with Crippen LogP contribution in [0.3, 0.4) is 0 Å². The third-order valence-electron chi connectivity index (χ3n) is 4.23. The molecule has 2 unspecified atom stereocenters. The number of hydrazine groups is 1. The standard InChI is InChI=1S/C14H23N3O2S/c1-11-7-3-5-9-13(11)17(2)20(18,19)14-10-6-4-8-12(14)16-15/h4,6,8,10-11,13,16H,3,5,7,9,15H2,1-2H3. The van der Waals surface area contributed by atoms with E-state index in [-0.39, 0.29) is 10.9 Å². The van der Waals surface area contributed by atoms with Crippen molar-refractivity contribution in [3.8, 4) is 0 Å². The summed E-state index contributed by atoms with van der Waals surface area (Å²) in [6.07, 6.45) is 4.29. The fraction of sp³-hybridized carbons (Fsp3) is 0.571. The molecule has 0 aliphatic heterocycles. The average molecular weight is 297 g/mol. The summed E-state index contributed by atoms with van der Waals surface area (Å²) in [6.45, 7) is 2.13. The molecule has 0 aromatic heterocycles. The predicted octanol–water partition coefficient (Wildman–Crippen LogP) is 2.17. The van der Waals surface area contributed by atoms with Gasteiger partial charge < -0.3 is 5.43 Å². The number of para-hydroxylation sites is 1. The largest absolute Gasteiger partial charge is 0.323 e. The highest BCUT2D eigenvalue weighted by molar-refractivity contribution is 7.89. The Labute approximate surface area is 121 Å². The molecule has 1 aromatic rings. The Balaban J connectivity index is 2.34. The molecule has 1 saturated carbocycles. The molecule has 2 atom stereocenters. The van der Waals surface area contributed by atoms with Gasteiger partial charge in [-0.1, -0.05) is 31.9 Å². The highest BCUT2D eigenvalue weighted by atomic mass is 32.2. The van der Waals surface area contributed by atoms with E-state index in [1.165, 1.54) is 10.7 Å². The lowest BCUT2D eigenvalue weighted by molar-refractivity contribution is 0.213. The van der Waals surface area contributed by atoms with Crippen LogP contribution in [-0.4, -0.2) is 25.8 Å². The van der Waals surface area contributed by atoms with Crippen molar-refractivity contribution in [2.24, 2.45) is 11.8 Å². The number of nitrogens with one attached hydrogen (secondary N) is 1. The molecule has 0 heterocycles. The Bertz CT molecular complexity index is 559. The second-order valence-corrected chi connectivity index (χ2v) is 7.46. The maximum atomic E-state index is 12.8. The number of nitrogens with zero attached hydrogens (tertiary/aromatic N) is 1. The van der Waals surface area contributed by atoms with E-state index >= 15 is 0 Å². The molecule has 0 spiro atoms. The van der Waals surface area contributed by atoms with Crippen molar-refractivity contribution in [3.63, 3.8) is 0 Å². The molecule has 1 aliphatic carbocycles. The van der Waals surface area contributed by atoms with Crippen LogP contribution in [-0.2, 0) is 10.0 Å². The van der Waals surface area contributed by atoms with E-state index in [4.69, 9.17) is 5.84 Å². The fourth-order valence-corrected chi connectivity index (χ4v) is 4.62. The summed E-state index contributed by atoms with van der Waals surface area (Å²) in [5, 5.41) is 0. The quantitative estimate of drug-likeness (QED) is 0.660. The van der Waals surface area contributed by atoms with Gasteiger partial charge in [0.05, 0.1) is 5.69 Å². The van der Waals surface area contributed by atoms with Gasteiger partial charge in [0.1, 0.15) is 4.90 Å². The number of benzene rings is 1. The first-order valence-electron chi connectivity index (χ1n) is 7.02. The number of anilines is 1. The van der Waals surface area contributed by atoms with Gasteiger partial charge in [0.25, 0.3) is 0 Å². The minimum Gasteiger partial charge on any atom is -0.323 e. The lowest BCUT2D eigenvalue weighted by Gasteiger charge is -2.35. The average Bonchev–Trinajstić information content (AvgIpc) is 2.47. The summed E-state index contributed by atoms with van der Waals surface area (Å²) >= 11 is 0. The first kappa shape index (κ1) is 15.3. The van der Waals surface area contributed by atoms with E-state index in [9.17, 15) is 8.42 Å². The first-order chi connectivity index (χ1) is 9.48. The summed E-state index contributed by atoms with van der Waals surface area (Å²) in [4.78, 5) is 0.239. The molecule has 0 amide bonds. The Hall–Kier alpha value is -1.11. The lowest BCUT2D eigenvalue weighted by atomic mass is 9.86. The number of nitrogen functional groups attached to an aromatic ring is 1. The Morgan fingerprint density at radius 1 is 1.25 bits per heavy atom. The molecular formula is C14H23N3O2S. The molecule has 20 heavy (non-hydrogen) atoms. The smallest absolute Gasteiger partial charge is 0.245 e. The van der Waals surface area contributed by atoms with E-state index in [1.807, 2.05) is 0 Å². The topological polar surface area (TPSA) is 75.4 Å². The molecule has 3 N–H and O–H groups in total. The molecule has 1 aromatic carbocycles. The van der Waals surface area contributed by atoms with Crippen LogP contribution >= 0.6 is 0 Å². The maximum Gasteiger partial charge on any atom is 0.245 e. The minimum absolute atomic E-state index is 0.0691. The maximum absolute atomic E-state index is 12.8. The number of rotatable bonds is 4. The second-order valence-electron chi connectivity index (χ2n) is 5.49. The number of sulfonamides is 1. The van der Waals surface area contributed by atoms with Crippen molar-refractivity contribution in [1.29, 1.82) is 0 Å². The Morgan fingerprint density at radius 3 is 2.55 bits per heavy atom. The van der Waals surface area contributed by atoms with Crippen molar-refractivity contribution < 1.29 is 8.42 Å². The van der Waals surface area contributed by atoms with Gasteiger partial charge >= 0.3 is 0 Å². The molecule has 5 nitrogen and oxygen atoms in total. The summed E-state index contributed by atoms with van der Waals surface area (Å²) in [5.41, 5.74) is 2.90. The van der Waals surface area contributed by atoms with Crippen molar-refractivity contribution >= 4 is 15.7 Å². The van der Waals surface area contributed by atoms with Crippen LogP contribution in [0.25, 0.3) is 0 Å². The van der Waals surface area contributed by atoms with Crippen molar-refractivity contribution in [3.05, 3.63) is 24.3 Å². The molecule has 0 bridgehead atoms. The van der Waals surface area contributed by atoms with Crippen LogP contribution in [0, 0.1) is 5.92 Å². The normalized spacial score (nSPS) is 23.8. The second kappa shape index (κ2) is 6.11. The predicted molar refractivity (Wildman–Crippen MR) is 80.6 cm³/mol. The van der Waals surface area contributed by atoms with Crippen molar-refractivity contribution in [2.45, 2.75) is 43.5 Å². The lowest BCUT2D eigenvalue weighted by Crippen LogP contribution is -2.42. The summed E-state index contributed by atoms with van der Waals surface area (Å²) in [5.74, 6) is 5.81. The summed E-state index contributed by atoms with van der Waals surface area (Å²) in [6, 6.07) is 6.81. The minimum atomic E-state index is -3.52. The Kier molecular flexibility index (Phi) is 4.67. The van der Waals surface area contributed by atoms with Gasteiger partial charge in [-0.05, 0) is 30.9 Å². The van der Waals surface area contributed by atoms with Gasteiger partial charge in [-0.3, -0.25) is 5.84 Å². The van der Waals surface area contributed by atoms with E-state index in [0.717, 1.165) is 19.3 Å². The van der Waals surface area contributed by atoms with Gasteiger partial charge in [0, 0.05) is 13.1 Å². The number of hydrogen-bond acceptors (Lipinski definition) is 4. The zero-order valence-electron chi connectivity index (χ0n) is 12.0. The fourth-order valence-electron chi connectivity index (χ4n) is 2.98. The van der Waals surface area contributed by atoms with Gasteiger partial charge in [-0.25, -0.2) is 8.42 Å². The monoisotopic (exact) mass is 297 g/mol. The highest BCUT2D eigenvalue weighted by Gasteiger charge is 2.33. The molecule has 6 heteroatoms. The van der Waals surface area contributed by atoms with Crippen LogP contribution in [0.4, 0.5) is 5.69 Å². The Morgan fingerprint density at radius 2 is 1.90 bits per heavy atom.